The fourth-order valence-corrected chi connectivity index (χ4v) is 1.60. The minimum Gasteiger partial charge on any atom is -0.392 e. The van der Waals surface area contributed by atoms with Crippen LogP contribution in [0.4, 0.5) is 0 Å². The molecule has 0 aliphatic carbocycles. The highest BCUT2D eigenvalue weighted by atomic mass is 127. The van der Waals surface area contributed by atoms with Crippen molar-refractivity contribution in [2.75, 3.05) is 6.61 Å². The smallest absolute Gasteiger partial charge is 0.0622 e. The highest BCUT2D eigenvalue weighted by molar-refractivity contribution is 14.1. The number of allylic oxidation sites excluding steroid dienone is 1. The van der Waals surface area contributed by atoms with Crippen LogP contribution in [-0.2, 0) is 6.42 Å². The molecule has 2 heteroatoms. The van der Waals surface area contributed by atoms with Gasteiger partial charge in [-0.3, -0.25) is 0 Å². The predicted octanol–water partition coefficient (Wildman–Crippen LogP) is 2.54. The molecule has 1 rings (SSSR count). The van der Waals surface area contributed by atoms with Crippen LogP contribution in [0, 0.1) is 0 Å². The van der Waals surface area contributed by atoms with Crippen molar-refractivity contribution in [1.29, 1.82) is 0 Å². The number of aliphatic hydroxyl groups is 1. The number of hydrogen-bond acceptors (Lipinski definition) is 1. The Bertz CT molecular complexity index is 254. The summed E-state index contributed by atoms with van der Waals surface area (Å²) in [6.07, 6.45) is 2.75. The zero-order valence-electron chi connectivity index (χ0n) is 6.70. The van der Waals surface area contributed by atoms with Crippen molar-refractivity contribution in [3.63, 3.8) is 0 Å². The first-order chi connectivity index (χ1) is 5.83. The summed E-state index contributed by atoms with van der Waals surface area (Å²) in [4.78, 5) is 0. The molecule has 64 valence electrons. The third-order valence-corrected chi connectivity index (χ3v) is 2.35. The van der Waals surface area contributed by atoms with E-state index in [1.54, 1.807) is 0 Å². The van der Waals surface area contributed by atoms with E-state index in [0.717, 1.165) is 6.42 Å². The van der Waals surface area contributed by atoms with Crippen molar-refractivity contribution in [2.45, 2.75) is 6.42 Å². The van der Waals surface area contributed by atoms with Gasteiger partial charge in [0.05, 0.1) is 6.61 Å². The average molecular weight is 274 g/mol. The van der Waals surface area contributed by atoms with Gasteiger partial charge in [-0.1, -0.05) is 30.3 Å². The molecule has 0 atom stereocenters. The van der Waals surface area contributed by atoms with Crippen LogP contribution in [0.2, 0.25) is 0 Å². The zero-order chi connectivity index (χ0) is 8.81. The van der Waals surface area contributed by atoms with E-state index in [1.807, 2.05) is 24.3 Å². The molecule has 1 nitrogen and oxygen atoms in total. The Kier molecular flexibility index (Phi) is 4.32. The summed E-state index contributed by atoms with van der Waals surface area (Å²) >= 11 is 2.25. The monoisotopic (exact) mass is 274 g/mol. The largest absolute Gasteiger partial charge is 0.392 e. The second-order valence-electron chi connectivity index (χ2n) is 2.50. The molecule has 0 aromatic heterocycles. The van der Waals surface area contributed by atoms with Crippen molar-refractivity contribution < 1.29 is 5.11 Å². The van der Waals surface area contributed by atoms with Crippen molar-refractivity contribution >= 4 is 22.6 Å². The van der Waals surface area contributed by atoms with Gasteiger partial charge in [0, 0.05) is 6.42 Å². The molecule has 0 amide bonds. The van der Waals surface area contributed by atoms with Gasteiger partial charge in [-0.15, -0.1) is 0 Å². The van der Waals surface area contributed by atoms with Crippen LogP contribution >= 0.6 is 22.6 Å². The number of rotatable bonds is 3. The lowest BCUT2D eigenvalue weighted by Gasteiger charge is -1.98. The number of benzene rings is 1. The molecule has 0 radical (unpaired) electrons. The van der Waals surface area contributed by atoms with Gasteiger partial charge in [0.25, 0.3) is 0 Å². The van der Waals surface area contributed by atoms with Gasteiger partial charge in [-0.05, 0) is 37.8 Å². The molecule has 1 aromatic carbocycles. The summed E-state index contributed by atoms with van der Waals surface area (Å²) in [6.45, 7) is 0.130. The van der Waals surface area contributed by atoms with Crippen LogP contribution < -0.4 is 0 Å². The summed E-state index contributed by atoms with van der Waals surface area (Å²) < 4.78 is 1.18. The van der Waals surface area contributed by atoms with Gasteiger partial charge < -0.3 is 5.11 Å². The third-order valence-electron chi connectivity index (χ3n) is 1.53. The van der Waals surface area contributed by atoms with Gasteiger partial charge >= 0.3 is 0 Å². The second kappa shape index (κ2) is 5.32. The minimum absolute atomic E-state index is 0.130. The summed E-state index contributed by atoms with van der Waals surface area (Å²) in [5, 5.41) is 8.63. The topological polar surface area (TPSA) is 20.2 Å². The lowest BCUT2D eigenvalue weighted by atomic mass is 10.1. The van der Waals surface area contributed by atoms with E-state index in [0.29, 0.717) is 0 Å². The SMILES string of the molecule is OCC=C(I)Cc1ccccc1. The van der Waals surface area contributed by atoms with E-state index in [1.165, 1.54) is 9.14 Å². The molecule has 0 unspecified atom stereocenters. The van der Waals surface area contributed by atoms with Crippen molar-refractivity contribution in [3.8, 4) is 0 Å². The summed E-state index contributed by atoms with van der Waals surface area (Å²) in [7, 11) is 0. The van der Waals surface area contributed by atoms with E-state index in [9.17, 15) is 0 Å². The molecular formula is C10H11IO. The Balaban J connectivity index is 2.58. The Morgan fingerprint density at radius 1 is 1.33 bits per heavy atom. The van der Waals surface area contributed by atoms with Crippen LogP contribution in [-0.4, -0.2) is 11.7 Å². The van der Waals surface area contributed by atoms with Gasteiger partial charge in [0.2, 0.25) is 0 Å². The van der Waals surface area contributed by atoms with Crippen LogP contribution in [0.5, 0.6) is 0 Å². The minimum atomic E-state index is 0.130. The van der Waals surface area contributed by atoms with Crippen molar-refractivity contribution in [1.82, 2.24) is 0 Å². The molecule has 1 aromatic rings. The summed E-state index contributed by atoms with van der Waals surface area (Å²) in [5.74, 6) is 0. The number of halogens is 1. The molecule has 0 fully saturated rings. The van der Waals surface area contributed by atoms with Crippen LogP contribution in [0.1, 0.15) is 5.56 Å². The quantitative estimate of drug-likeness (QED) is 0.840. The standard InChI is InChI=1S/C10H11IO/c11-10(6-7-12)8-9-4-2-1-3-5-9/h1-6,12H,7-8H2. The first kappa shape index (κ1) is 9.74. The van der Waals surface area contributed by atoms with E-state index >= 15 is 0 Å². The maximum absolute atomic E-state index is 8.63. The van der Waals surface area contributed by atoms with Gasteiger partial charge in [-0.2, -0.15) is 0 Å². The Labute approximate surface area is 86.3 Å². The van der Waals surface area contributed by atoms with Crippen molar-refractivity contribution in [2.24, 2.45) is 0 Å². The highest BCUT2D eigenvalue weighted by Crippen LogP contribution is 2.13. The first-order valence-corrected chi connectivity index (χ1v) is 4.90. The van der Waals surface area contributed by atoms with E-state index in [-0.39, 0.29) is 6.61 Å². The van der Waals surface area contributed by atoms with Crippen LogP contribution in [0.3, 0.4) is 0 Å². The third kappa shape index (κ3) is 3.36. The molecule has 0 spiro atoms. The zero-order valence-corrected chi connectivity index (χ0v) is 8.86. The van der Waals surface area contributed by atoms with E-state index < -0.39 is 0 Å². The van der Waals surface area contributed by atoms with Gasteiger partial charge in [0.1, 0.15) is 0 Å². The molecule has 0 saturated heterocycles. The lowest BCUT2D eigenvalue weighted by Crippen LogP contribution is -1.84. The van der Waals surface area contributed by atoms with Gasteiger partial charge in [0.15, 0.2) is 0 Å². The average Bonchev–Trinajstić information content (AvgIpc) is 2.06. The van der Waals surface area contributed by atoms with Crippen LogP contribution in [0.25, 0.3) is 0 Å². The molecule has 0 aliphatic heterocycles. The highest BCUT2D eigenvalue weighted by Gasteiger charge is 1.93. The second-order valence-corrected chi connectivity index (χ2v) is 3.88. The molecule has 12 heavy (non-hydrogen) atoms. The van der Waals surface area contributed by atoms with E-state index in [2.05, 4.69) is 34.7 Å². The normalized spacial score (nSPS) is 11.7. The van der Waals surface area contributed by atoms with Crippen molar-refractivity contribution in [3.05, 3.63) is 45.6 Å². The summed E-state index contributed by atoms with van der Waals surface area (Å²) in [6, 6.07) is 10.2. The summed E-state index contributed by atoms with van der Waals surface area (Å²) in [5.41, 5.74) is 1.28. The predicted molar refractivity (Wildman–Crippen MR) is 59.3 cm³/mol. The van der Waals surface area contributed by atoms with Crippen LogP contribution in [0.15, 0.2) is 40.0 Å². The molecule has 0 aliphatic rings. The molecule has 0 saturated carbocycles. The molecular weight excluding hydrogens is 263 g/mol. The Morgan fingerprint density at radius 2 is 2.00 bits per heavy atom. The Morgan fingerprint density at radius 3 is 2.58 bits per heavy atom. The maximum Gasteiger partial charge on any atom is 0.0622 e. The first-order valence-electron chi connectivity index (χ1n) is 3.82. The van der Waals surface area contributed by atoms with E-state index in [4.69, 9.17) is 5.11 Å². The maximum atomic E-state index is 8.63. The number of aliphatic hydroxyl groups excluding tert-OH is 1. The molecule has 0 heterocycles. The number of hydrogen-bond donors (Lipinski definition) is 1. The fraction of sp³-hybridized carbons (Fsp3) is 0.200. The fourth-order valence-electron chi connectivity index (χ4n) is 0.962. The Hall–Kier alpha value is -0.350. The molecule has 1 N–H and O–H groups in total. The molecule has 0 bridgehead atoms. The van der Waals surface area contributed by atoms with Gasteiger partial charge in [-0.25, -0.2) is 0 Å². The lowest BCUT2D eigenvalue weighted by molar-refractivity contribution is 0.342.